The zero-order chi connectivity index (χ0) is 56.7. The van der Waals surface area contributed by atoms with Gasteiger partial charge >= 0.3 is 18.0 Å². The van der Waals surface area contributed by atoms with Gasteiger partial charge in [0.15, 0.2) is 0 Å². The van der Waals surface area contributed by atoms with Crippen molar-refractivity contribution in [3.05, 3.63) is 96.1 Å². The monoisotopic (exact) mass is 1100 g/mol. The summed E-state index contributed by atoms with van der Waals surface area (Å²) in [5.74, 6) is 2.22. The van der Waals surface area contributed by atoms with E-state index in [1.54, 1.807) is 44.2 Å². The molecule has 2 aromatic carbocycles. The van der Waals surface area contributed by atoms with Gasteiger partial charge in [-0.05, 0) is 112 Å². The number of ketones is 1. The van der Waals surface area contributed by atoms with Gasteiger partial charge in [-0.3, -0.25) is 19.2 Å². The predicted molar refractivity (Wildman–Crippen MR) is 305 cm³/mol. The average molecular weight is 1110 g/mol. The Labute approximate surface area is 472 Å². The van der Waals surface area contributed by atoms with E-state index in [1.807, 2.05) is 60.4 Å². The van der Waals surface area contributed by atoms with Crippen LogP contribution in [0.3, 0.4) is 0 Å². The van der Waals surface area contributed by atoms with Crippen molar-refractivity contribution in [1.29, 1.82) is 0 Å². The number of hydrogen-bond acceptors (Lipinski definition) is 11. The van der Waals surface area contributed by atoms with Gasteiger partial charge in [0.05, 0.1) is 50.3 Å². The summed E-state index contributed by atoms with van der Waals surface area (Å²) < 4.78 is 16.1. The van der Waals surface area contributed by atoms with Crippen molar-refractivity contribution in [2.24, 2.45) is 22.7 Å². The van der Waals surface area contributed by atoms with E-state index in [0.717, 1.165) is 79.0 Å². The molecule has 2 atom stereocenters. The van der Waals surface area contributed by atoms with Crippen LogP contribution in [0, 0.1) is 22.7 Å². The van der Waals surface area contributed by atoms with Gasteiger partial charge in [-0.2, -0.15) is 0 Å². The van der Waals surface area contributed by atoms with Crippen LogP contribution >= 0.6 is 0 Å². The fraction of sp³-hybridized carbons (Fsp3) is 0.607. The van der Waals surface area contributed by atoms with Gasteiger partial charge in [-0.1, -0.05) is 69.7 Å². The van der Waals surface area contributed by atoms with Gasteiger partial charge in [0.1, 0.15) is 29.4 Å². The normalized spacial score (nSPS) is 18.1. The second-order valence-electron chi connectivity index (χ2n) is 22.2. The molecule has 4 aliphatic rings. The SMILES string of the molecule is CCCC(=O)C1(C2CCCCC2)CCN(C(=O)[C@@H](Cc2ccc(OC)cc2)NC(=O)NCCc2c[nH]cn2)CC1.CCOC(=O)C1(C2CCCCC2)CCN(C(=O)[C@H](Cc2ccc(OC)cc2)NC(=O)NCCc2c[nH]cn2)CC1. The lowest BCUT2D eigenvalue weighted by atomic mass is 9.61. The maximum Gasteiger partial charge on any atom is 0.315 e. The van der Waals surface area contributed by atoms with Crippen LogP contribution in [0.25, 0.3) is 0 Å². The molecule has 4 aromatic rings. The first-order chi connectivity index (χ1) is 38.9. The lowest BCUT2D eigenvalue weighted by Crippen LogP contribution is -2.56. The van der Waals surface area contributed by atoms with Gasteiger partial charge in [0, 0.05) is 89.2 Å². The number of nitrogens with zero attached hydrogens (tertiary/aromatic N) is 4. The molecule has 4 fully saturated rings. The molecule has 0 bridgehead atoms. The summed E-state index contributed by atoms with van der Waals surface area (Å²) in [7, 11) is 3.22. The van der Waals surface area contributed by atoms with Crippen molar-refractivity contribution in [2.45, 2.75) is 154 Å². The van der Waals surface area contributed by atoms with Gasteiger partial charge < -0.3 is 55.2 Å². The fourth-order valence-corrected chi connectivity index (χ4v) is 12.7. The van der Waals surface area contributed by atoms with E-state index in [0.29, 0.717) is 121 Å². The van der Waals surface area contributed by atoms with Crippen molar-refractivity contribution < 1.29 is 43.0 Å². The summed E-state index contributed by atoms with van der Waals surface area (Å²) in [5, 5.41) is 11.5. The van der Waals surface area contributed by atoms with Crippen LogP contribution in [-0.2, 0) is 49.6 Å². The number of imidazole rings is 2. The molecule has 8 rings (SSSR count). The molecular formula is C61H88N10O9. The van der Waals surface area contributed by atoms with Crippen molar-refractivity contribution in [3.63, 3.8) is 0 Å². The Morgan fingerprint density at radius 2 is 1.01 bits per heavy atom. The van der Waals surface area contributed by atoms with Crippen LogP contribution < -0.4 is 30.7 Å². The molecule has 2 aromatic heterocycles. The average Bonchev–Trinajstić information content (AvgIpc) is 4.28. The van der Waals surface area contributed by atoms with Crippen LogP contribution in [0.5, 0.6) is 11.5 Å². The van der Waals surface area contributed by atoms with Crippen molar-refractivity contribution >= 4 is 35.6 Å². The number of urea groups is 2. The third-order valence-corrected chi connectivity index (χ3v) is 17.3. The first-order valence-electron chi connectivity index (χ1n) is 29.5. The fourth-order valence-electron chi connectivity index (χ4n) is 12.7. The molecule has 2 aliphatic carbocycles. The Morgan fingerprint density at radius 1 is 0.600 bits per heavy atom. The smallest absolute Gasteiger partial charge is 0.315 e. The number of piperidine rings is 2. The molecule has 4 heterocycles. The molecule has 0 radical (unpaired) electrons. The number of hydrogen-bond donors (Lipinski definition) is 6. The Hall–Kier alpha value is -6.92. The maximum atomic E-state index is 13.9. The van der Waals surface area contributed by atoms with Crippen LogP contribution in [0.1, 0.15) is 139 Å². The number of methoxy groups -OCH3 is 2. The van der Waals surface area contributed by atoms with Crippen LogP contribution in [0.4, 0.5) is 9.59 Å². The number of aromatic amines is 2. The predicted octanol–water partition coefficient (Wildman–Crippen LogP) is 8.05. The highest BCUT2D eigenvalue weighted by Gasteiger charge is 2.50. The molecule has 436 valence electrons. The topological polar surface area (TPSA) is 242 Å². The van der Waals surface area contributed by atoms with E-state index in [9.17, 15) is 28.8 Å². The Kier molecular flexibility index (Phi) is 23.2. The number of amides is 6. The summed E-state index contributed by atoms with van der Waals surface area (Å²) in [6.45, 7) is 7.12. The van der Waals surface area contributed by atoms with Gasteiger partial charge in [0.25, 0.3) is 0 Å². The number of H-pyrrole nitrogens is 2. The number of rotatable bonds is 23. The molecular weight excluding hydrogens is 1020 g/mol. The summed E-state index contributed by atoms with van der Waals surface area (Å²) in [6.07, 6.45) is 24.2. The van der Waals surface area contributed by atoms with E-state index >= 15 is 0 Å². The zero-order valence-electron chi connectivity index (χ0n) is 47.8. The molecule has 19 heteroatoms. The van der Waals surface area contributed by atoms with Gasteiger partial charge in [-0.15, -0.1) is 0 Å². The minimum atomic E-state index is -0.747. The van der Waals surface area contributed by atoms with E-state index in [-0.39, 0.29) is 29.2 Å². The van der Waals surface area contributed by atoms with E-state index in [2.05, 4.69) is 48.1 Å². The molecule has 0 unspecified atom stereocenters. The second-order valence-corrected chi connectivity index (χ2v) is 22.2. The number of ether oxygens (including phenoxy) is 3. The molecule has 2 saturated heterocycles. The minimum Gasteiger partial charge on any atom is -0.497 e. The largest absolute Gasteiger partial charge is 0.497 e. The highest BCUT2D eigenvalue weighted by atomic mass is 16.5. The molecule has 2 saturated carbocycles. The van der Waals surface area contributed by atoms with Gasteiger partial charge in [-0.25, -0.2) is 19.6 Å². The zero-order valence-corrected chi connectivity index (χ0v) is 47.8. The summed E-state index contributed by atoms with van der Waals surface area (Å²) in [4.78, 5) is 97.9. The number of carbonyl (C=O) groups excluding carboxylic acids is 6. The number of benzene rings is 2. The van der Waals surface area contributed by atoms with Gasteiger partial charge in [0.2, 0.25) is 11.8 Å². The molecule has 6 amide bonds. The molecule has 2 aliphatic heterocycles. The number of likely N-dealkylation sites (tertiary alicyclic amines) is 2. The van der Waals surface area contributed by atoms with Crippen LogP contribution in [-0.4, -0.2) is 138 Å². The number of aromatic nitrogens is 4. The Balaban J connectivity index is 0.000000231. The first kappa shape index (κ1) is 60.7. The third-order valence-electron chi connectivity index (χ3n) is 17.3. The lowest BCUT2D eigenvalue weighted by molar-refractivity contribution is -0.166. The first-order valence-corrected chi connectivity index (χ1v) is 29.5. The number of carbonyl (C=O) groups is 6. The second kappa shape index (κ2) is 30.6. The molecule has 19 nitrogen and oxygen atoms in total. The van der Waals surface area contributed by atoms with Crippen molar-refractivity contribution in [2.75, 3.05) is 60.1 Å². The number of esters is 1. The highest BCUT2D eigenvalue weighted by molar-refractivity contribution is 5.89. The Bertz CT molecular complexity index is 2350. The Morgan fingerprint density at radius 3 is 1.39 bits per heavy atom. The standard InChI is InChI=1S/C31H45N5O4.C30H43N5O5/c1-3-7-28(37)31(24-8-5-4-6-9-24)15-18-36(19-16-31)29(38)27(20-23-10-12-26(40-2)13-11-23)35-30(39)33-17-14-25-21-32-22-34-25;1-3-40-28(37)30(23-7-5-4-6-8-23)14-17-35(18-15-30)27(36)26(19-22-9-11-25(39-2)12-10-22)34-29(38)32-16-13-24-20-31-21-33-24/h10-13,21-22,24,27H,3-9,14-20H2,1-2H3,(H,32,34)(H2,33,35,39);9-12,20-21,23,26H,3-8,13-19H2,1-2H3,(H,31,33)(H2,32,34,38)/t27-;26-/m10/s1. The lowest BCUT2D eigenvalue weighted by Gasteiger charge is -2.47. The summed E-state index contributed by atoms with van der Waals surface area (Å²) in [5.41, 5.74) is 2.71. The quantitative estimate of drug-likeness (QED) is 0.0388. The van der Waals surface area contributed by atoms with E-state index in [1.165, 1.54) is 25.7 Å². The summed E-state index contributed by atoms with van der Waals surface area (Å²) in [6, 6.07) is 12.8. The minimum absolute atomic E-state index is 0.0987. The number of Topliss-reactive ketones (excluding diaryl/α,β-unsaturated/α-hetero) is 1. The highest BCUT2D eigenvalue weighted by Crippen LogP contribution is 2.48. The van der Waals surface area contributed by atoms with Crippen LogP contribution in [0.2, 0.25) is 0 Å². The van der Waals surface area contributed by atoms with Crippen molar-refractivity contribution in [1.82, 2.24) is 51.0 Å². The maximum absolute atomic E-state index is 13.9. The molecule has 0 spiro atoms. The van der Waals surface area contributed by atoms with E-state index in [4.69, 9.17) is 14.2 Å². The number of nitrogens with one attached hydrogen (secondary N) is 6. The van der Waals surface area contributed by atoms with Crippen LogP contribution in [0.15, 0.2) is 73.6 Å². The van der Waals surface area contributed by atoms with E-state index < -0.39 is 23.5 Å². The molecule has 80 heavy (non-hydrogen) atoms. The third kappa shape index (κ3) is 16.6. The summed E-state index contributed by atoms with van der Waals surface area (Å²) >= 11 is 0. The van der Waals surface area contributed by atoms with Crippen molar-refractivity contribution in [3.8, 4) is 11.5 Å². The molecule has 6 N–H and O–H groups in total.